The Kier molecular flexibility index (Phi) is 5.18. The first-order valence-corrected chi connectivity index (χ1v) is 7.91. The third kappa shape index (κ3) is 3.53. The van der Waals surface area contributed by atoms with Crippen LogP contribution in [0.1, 0.15) is 43.5 Å². The third-order valence-electron chi connectivity index (χ3n) is 4.13. The average Bonchev–Trinajstić information content (AvgIpc) is 2.47. The SMILES string of the molecule is CCCCN(CC)Cc1c(C)[nH]c2ccc(C)cc2c1=O. The van der Waals surface area contributed by atoms with Crippen LogP contribution in [0.3, 0.4) is 0 Å². The summed E-state index contributed by atoms with van der Waals surface area (Å²) in [4.78, 5) is 18.5. The van der Waals surface area contributed by atoms with E-state index in [-0.39, 0.29) is 5.43 Å². The summed E-state index contributed by atoms with van der Waals surface area (Å²) < 4.78 is 0. The lowest BCUT2D eigenvalue weighted by molar-refractivity contribution is 0.274. The van der Waals surface area contributed by atoms with Crippen molar-refractivity contribution in [2.45, 2.75) is 47.1 Å². The van der Waals surface area contributed by atoms with E-state index in [9.17, 15) is 4.79 Å². The summed E-state index contributed by atoms with van der Waals surface area (Å²) >= 11 is 0. The van der Waals surface area contributed by atoms with Gasteiger partial charge in [-0.25, -0.2) is 0 Å². The molecule has 0 spiro atoms. The van der Waals surface area contributed by atoms with Gasteiger partial charge in [0.2, 0.25) is 0 Å². The van der Waals surface area contributed by atoms with Gasteiger partial charge >= 0.3 is 0 Å². The minimum Gasteiger partial charge on any atom is -0.358 e. The van der Waals surface area contributed by atoms with E-state index in [0.29, 0.717) is 0 Å². The molecule has 0 fully saturated rings. The van der Waals surface area contributed by atoms with Gasteiger partial charge in [-0.05, 0) is 45.5 Å². The third-order valence-corrected chi connectivity index (χ3v) is 4.13. The number of benzene rings is 1. The maximum atomic E-state index is 12.8. The predicted molar refractivity (Wildman–Crippen MR) is 89.9 cm³/mol. The molecule has 0 unspecified atom stereocenters. The van der Waals surface area contributed by atoms with E-state index in [1.807, 2.05) is 32.0 Å². The zero-order valence-electron chi connectivity index (χ0n) is 13.6. The molecule has 3 heteroatoms. The molecule has 2 rings (SSSR count). The number of H-pyrrole nitrogens is 1. The maximum Gasteiger partial charge on any atom is 0.194 e. The van der Waals surface area contributed by atoms with E-state index in [1.54, 1.807) is 0 Å². The van der Waals surface area contributed by atoms with Gasteiger partial charge in [-0.1, -0.05) is 31.9 Å². The summed E-state index contributed by atoms with van der Waals surface area (Å²) in [6.07, 6.45) is 2.36. The van der Waals surface area contributed by atoms with Crippen molar-refractivity contribution in [3.63, 3.8) is 0 Å². The molecule has 0 amide bonds. The van der Waals surface area contributed by atoms with Crippen LogP contribution >= 0.6 is 0 Å². The Morgan fingerprint density at radius 3 is 2.62 bits per heavy atom. The monoisotopic (exact) mass is 286 g/mol. The number of hydrogen-bond acceptors (Lipinski definition) is 2. The Hall–Kier alpha value is -1.61. The Morgan fingerprint density at radius 1 is 1.19 bits per heavy atom. The fraction of sp³-hybridized carbons (Fsp3) is 0.500. The highest BCUT2D eigenvalue weighted by atomic mass is 16.1. The van der Waals surface area contributed by atoms with Crippen LogP contribution < -0.4 is 5.43 Å². The smallest absolute Gasteiger partial charge is 0.194 e. The number of aromatic nitrogens is 1. The summed E-state index contributed by atoms with van der Waals surface area (Å²) in [6, 6.07) is 6.02. The molecule has 1 heterocycles. The second-order valence-electron chi connectivity index (χ2n) is 5.83. The van der Waals surface area contributed by atoms with Gasteiger partial charge in [0, 0.05) is 28.7 Å². The Labute approximate surface area is 127 Å². The van der Waals surface area contributed by atoms with E-state index in [4.69, 9.17) is 0 Å². The second kappa shape index (κ2) is 6.90. The van der Waals surface area contributed by atoms with E-state index >= 15 is 0 Å². The minimum atomic E-state index is 0.180. The molecule has 0 saturated heterocycles. The quantitative estimate of drug-likeness (QED) is 0.877. The highest BCUT2D eigenvalue weighted by molar-refractivity contribution is 5.80. The number of hydrogen-bond donors (Lipinski definition) is 1. The molecule has 0 aliphatic rings. The van der Waals surface area contributed by atoms with Crippen LogP contribution in [0.2, 0.25) is 0 Å². The summed E-state index contributed by atoms with van der Waals surface area (Å²) in [5.74, 6) is 0. The second-order valence-corrected chi connectivity index (χ2v) is 5.83. The lowest BCUT2D eigenvalue weighted by Crippen LogP contribution is -2.28. The molecule has 2 aromatic rings. The van der Waals surface area contributed by atoms with Gasteiger partial charge in [0.05, 0.1) is 0 Å². The maximum absolute atomic E-state index is 12.8. The molecule has 0 bridgehead atoms. The molecule has 0 aliphatic heterocycles. The van der Waals surface area contributed by atoms with Gasteiger partial charge in [-0.3, -0.25) is 9.69 Å². The lowest BCUT2D eigenvalue weighted by Gasteiger charge is -2.21. The van der Waals surface area contributed by atoms with Gasteiger partial charge in [0.15, 0.2) is 5.43 Å². The van der Waals surface area contributed by atoms with Crippen LogP contribution in [0.15, 0.2) is 23.0 Å². The largest absolute Gasteiger partial charge is 0.358 e. The molecule has 0 aliphatic carbocycles. The Morgan fingerprint density at radius 2 is 1.95 bits per heavy atom. The normalized spacial score (nSPS) is 11.5. The van der Waals surface area contributed by atoms with Crippen molar-refractivity contribution in [3.05, 3.63) is 45.2 Å². The summed E-state index contributed by atoms with van der Waals surface area (Å²) in [7, 11) is 0. The van der Waals surface area contributed by atoms with Crippen molar-refractivity contribution >= 4 is 10.9 Å². The zero-order valence-corrected chi connectivity index (χ0v) is 13.6. The number of unbranched alkanes of at least 4 members (excludes halogenated alkanes) is 1. The fourth-order valence-corrected chi connectivity index (χ4v) is 2.71. The van der Waals surface area contributed by atoms with E-state index in [0.717, 1.165) is 47.4 Å². The van der Waals surface area contributed by atoms with Crippen LogP contribution in [0.25, 0.3) is 10.9 Å². The molecule has 0 radical (unpaired) electrons. The van der Waals surface area contributed by atoms with Crippen molar-refractivity contribution in [2.75, 3.05) is 13.1 Å². The molecule has 0 saturated carbocycles. The van der Waals surface area contributed by atoms with Crippen molar-refractivity contribution in [1.82, 2.24) is 9.88 Å². The Balaban J connectivity index is 2.41. The summed E-state index contributed by atoms with van der Waals surface area (Å²) in [5, 5.41) is 0.808. The predicted octanol–water partition coefficient (Wildman–Crippen LogP) is 3.77. The van der Waals surface area contributed by atoms with Gasteiger partial charge in [-0.2, -0.15) is 0 Å². The summed E-state index contributed by atoms with van der Waals surface area (Å²) in [6.45, 7) is 11.2. The number of rotatable bonds is 6. The number of aromatic amines is 1. The van der Waals surface area contributed by atoms with Crippen molar-refractivity contribution in [1.29, 1.82) is 0 Å². The first-order chi connectivity index (χ1) is 10.1. The highest BCUT2D eigenvalue weighted by Gasteiger charge is 2.12. The van der Waals surface area contributed by atoms with Crippen molar-refractivity contribution in [3.8, 4) is 0 Å². The lowest BCUT2D eigenvalue weighted by atomic mass is 10.1. The first kappa shape index (κ1) is 15.8. The molecule has 114 valence electrons. The number of pyridine rings is 1. The topological polar surface area (TPSA) is 36.1 Å². The molecule has 0 atom stereocenters. The van der Waals surface area contributed by atoms with Crippen molar-refractivity contribution in [2.24, 2.45) is 0 Å². The van der Waals surface area contributed by atoms with E-state index in [2.05, 4.69) is 23.7 Å². The zero-order chi connectivity index (χ0) is 15.4. The molecular weight excluding hydrogens is 260 g/mol. The molecule has 21 heavy (non-hydrogen) atoms. The van der Waals surface area contributed by atoms with Gasteiger partial charge < -0.3 is 4.98 Å². The number of nitrogens with one attached hydrogen (secondary N) is 1. The molecular formula is C18H26N2O. The van der Waals surface area contributed by atoms with Gasteiger partial charge in [-0.15, -0.1) is 0 Å². The average molecular weight is 286 g/mol. The standard InChI is InChI=1S/C18H26N2O/c1-5-7-10-20(6-2)12-16-14(4)19-17-9-8-13(3)11-15(17)18(16)21/h8-9,11H,5-7,10,12H2,1-4H3,(H,19,21). The van der Waals surface area contributed by atoms with Crippen LogP contribution in [-0.2, 0) is 6.54 Å². The van der Waals surface area contributed by atoms with E-state index in [1.165, 1.54) is 12.8 Å². The van der Waals surface area contributed by atoms with E-state index < -0.39 is 0 Å². The fourth-order valence-electron chi connectivity index (χ4n) is 2.71. The summed E-state index contributed by atoms with van der Waals surface area (Å²) in [5.41, 5.74) is 4.14. The van der Waals surface area contributed by atoms with Crippen LogP contribution in [-0.4, -0.2) is 23.0 Å². The molecule has 1 aromatic carbocycles. The van der Waals surface area contributed by atoms with Crippen LogP contribution in [0.5, 0.6) is 0 Å². The molecule has 1 aromatic heterocycles. The van der Waals surface area contributed by atoms with Crippen LogP contribution in [0.4, 0.5) is 0 Å². The highest BCUT2D eigenvalue weighted by Crippen LogP contribution is 2.14. The number of fused-ring (bicyclic) bond motifs is 1. The molecule has 3 nitrogen and oxygen atoms in total. The van der Waals surface area contributed by atoms with Crippen LogP contribution in [0, 0.1) is 13.8 Å². The van der Waals surface area contributed by atoms with Gasteiger partial charge in [0.1, 0.15) is 0 Å². The number of aryl methyl sites for hydroxylation is 2. The minimum absolute atomic E-state index is 0.180. The first-order valence-electron chi connectivity index (χ1n) is 7.91. The Bertz CT molecular complexity index is 673. The van der Waals surface area contributed by atoms with Gasteiger partial charge in [0.25, 0.3) is 0 Å². The number of nitrogens with zero attached hydrogens (tertiary/aromatic N) is 1. The van der Waals surface area contributed by atoms with Crippen molar-refractivity contribution < 1.29 is 0 Å². The molecule has 1 N–H and O–H groups in total.